The quantitative estimate of drug-likeness (QED) is 0.707. The molecule has 14 heavy (non-hydrogen) atoms. The molecule has 0 spiro atoms. The van der Waals surface area contributed by atoms with Gasteiger partial charge in [-0.15, -0.1) is 0 Å². The van der Waals surface area contributed by atoms with Gasteiger partial charge in [0.2, 0.25) is 0 Å². The Balaban J connectivity index is 1.85. The molecule has 4 nitrogen and oxygen atoms in total. The van der Waals surface area contributed by atoms with Crippen LogP contribution < -0.4 is 11.2 Å². The van der Waals surface area contributed by atoms with Gasteiger partial charge in [0, 0.05) is 6.42 Å². The normalized spacial score (nSPS) is 24.8. The molecule has 0 aromatic carbocycles. The van der Waals surface area contributed by atoms with Crippen molar-refractivity contribution < 1.29 is 4.84 Å². The van der Waals surface area contributed by atoms with Gasteiger partial charge in [-0.2, -0.15) is 0 Å². The fourth-order valence-corrected chi connectivity index (χ4v) is 2.48. The van der Waals surface area contributed by atoms with Crippen LogP contribution in [0.15, 0.2) is 4.99 Å². The van der Waals surface area contributed by atoms with E-state index in [4.69, 9.17) is 10.6 Å². The van der Waals surface area contributed by atoms with E-state index >= 15 is 0 Å². The first-order valence-electron chi connectivity index (χ1n) is 5.51. The van der Waals surface area contributed by atoms with Crippen LogP contribution in [0.5, 0.6) is 0 Å². The monoisotopic (exact) mass is 197 g/mol. The van der Waals surface area contributed by atoms with E-state index in [0.717, 1.165) is 24.7 Å². The Morgan fingerprint density at radius 3 is 2.86 bits per heavy atom. The lowest BCUT2D eigenvalue weighted by Gasteiger charge is -2.21. The summed E-state index contributed by atoms with van der Waals surface area (Å²) in [6, 6.07) is 0. The van der Waals surface area contributed by atoms with E-state index in [0.29, 0.717) is 12.6 Å². The van der Waals surface area contributed by atoms with Crippen molar-refractivity contribution in [1.82, 2.24) is 5.48 Å². The molecular weight excluding hydrogens is 178 g/mol. The Kier molecular flexibility index (Phi) is 3.37. The SMILES string of the molecule is NCC(CC1=NCON1)C1CCCC1. The molecule has 1 heterocycles. The Hall–Kier alpha value is -0.610. The maximum atomic E-state index is 5.81. The molecule has 0 aromatic rings. The molecule has 1 saturated carbocycles. The van der Waals surface area contributed by atoms with E-state index in [-0.39, 0.29) is 0 Å². The number of rotatable bonds is 4. The van der Waals surface area contributed by atoms with Crippen LogP contribution in [0.25, 0.3) is 0 Å². The zero-order valence-electron chi connectivity index (χ0n) is 8.54. The van der Waals surface area contributed by atoms with Crippen LogP contribution >= 0.6 is 0 Å². The molecule has 2 rings (SSSR count). The van der Waals surface area contributed by atoms with Gasteiger partial charge in [0.05, 0.1) is 0 Å². The Morgan fingerprint density at radius 1 is 1.50 bits per heavy atom. The lowest BCUT2D eigenvalue weighted by Crippen LogP contribution is -2.28. The highest BCUT2D eigenvalue weighted by atomic mass is 16.7. The van der Waals surface area contributed by atoms with E-state index in [1.54, 1.807) is 0 Å². The minimum Gasteiger partial charge on any atom is -0.330 e. The fourth-order valence-electron chi connectivity index (χ4n) is 2.48. The third-order valence-corrected chi connectivity index (χ3v) is 3.33. The molecule has 1 aliphatic carbocycles. The van der Waals surface area contributed by atoms with E-state index in [1.165, 1.54) is 25.7 Å². The highest BCUT2D eigenvalue weighted by Gasteiger charge is 2.25. The topological polar surface area (TPSA) is 59.6 Å². The molecule has 80 valence electrons. The second-order valence-electron chi connectivity index (χ2n) is 4.22. The zero-order valence-corrected chi connectivity index (χ0v) is 8.54. The van der Waals surface area contributed by atoms with Crippen molar-refractivity contribution in [1.29, 1.82) is 0 Å². The highest BCUT2D eigenvalue weighted by molar-refractivity contribution is 5.82. The van der Waals surface area contributed by atoms with Gasteiger partial charge in [0.1, 0.15) is 5.84 Å². The van der Waals surface area contributed by atoms with Crippen LogP contribution in [-0.4, -0.2) is 19.1 Å². The molecule has 1 unspecified atom stereocenters. The minimum absolute atomic E-state index is 0.456. The largest absolute Gasteiger partial charge is 0.330 e. The first-order chi connectivity index (χ1) is 6.90. The van der Waals surface area contributed by atoms with E-state index in [2.05, 4.69) is 10.5 Å². The minimum atomic E-state index is 0.456. The van der Waals surface area contributed by atoms with Gasteiger partial charge in [0.15, 0.2) is 6.73 Å². The van der Waals surface area contributed by atoms with Crippen LogP contribution in [0.1, 0.15) is 32.1 Å². The van der Waals surface area contributed by atoms with Crippen molar-refractivity contribution in [2.24, 2.45) is 22.6 Å². The molecular formula is C10H19N3O. The lowest BCUT2D eigenvalue weighted by molar-refractivity contribution is 0.113. The first kappa shape index (κ1) is 9.93. The van der Waals surface area contributed by atoms with Gasteiger partial charge in [-0.05, 0) is 18.4 Å². The number of aliphatic imine (C=N–C) groups is 1. The predicted octanol–water partition coefficient (Wildman–Crippen LogP) is 1.03. The van der Waals surface area contributed by atoms with Gasteiger partial charge < -0.3 is 5.73 Å². The van der Waals surface area contributed by atoms with Gasteiger partial charge >= 0.3 is 0 Å². The van der Waals surface area contributed by atoms with Gasteiger partial charge in [0.25, 0.3) is 0 Å². The van der Waals surface area contributed by atoms with Crippen LogP contribution in [0, 0.1) is 11.8 Å². The van der Waals surface area contributed by atoms with Crippen molar-refractivity contribution in [3.63, 3.8) is 0 Å². The summed E-state index contributed by atoms with van der Waals surface area (Å²) in [6.45, 7) is 1.22. The molecule has 0 saturated heterocycles. The molecule has 1 aliphatic heterocycles. The molecule has 0 aromatic heterocycles. The van der Waals surface area contributed by atoms with Crippen molar-refractivity contribution in [3.05, 3.63) is 0 Å². The maximum absolute atomic E-state index is 5.81. The van der Waals surface area contributed by atoms with Gasteiger partial charge in [-0.1, -0.05) is 25.7 Å². The van der Waals surface area contributed by atoms with E-state index in [1.807, 2.05) is 0 Å². The molecule has 3 N–H and O–H groups in total. The molecule has 1 atom stereocenters. The van der Waals surface area contributed by atoms with Crippen molar-refractivity contribution in [2.45, 2.75) is 32.1 Å². The maximum Gasteiger partial charge on any atom is 0.166 e. The number of hydrogen-bond donors (Lipinski definition) is 2. The lowest BCUT2D eigenvalue weighted by atomic mass is 9.88. The van der Waals surface area contributed by atoms with Crippen LogP contribution in [0.3, 0.4) is 0 Å². The van der Waals surface area contributed by atoms with Crippen molar-refractivity contribution in [3.8, 4) is 0 Å². The zero-order chi connectivity index (χ0) is 9.80. The molecule has 2 aliphatic rings. The number of amidine groups is 1. The standard InChI is InChI=1S/C10H19N3O/c11-6-9(8-3-1-2-4-8)5-10-12-7-14-13-10/h8-9H,1-7,11H2,(H,12,13). The van der Waals surface area contributed by atoms with Crippen molar-refractivity contribution >= 4 is 5.84 Å². The van der Waals surface area contributed by atoms with Crippen LogP contribution in [0.4, 0.5) is 0 Å². The highest BCUT2D eigenvalue weighted by Crippen LogP contribution is 2.32. The fraction of sp³-hybridized carbons (Fsp3) is 0.900. The summed E-state index contributed by atoms with van der Waals surface area (Å²) in [4.78, 5) is 9.19. The number of nitrogens with two attached hydrogens (primary N) is 1. The van der Waals surface area contributed by atoms with E-state index < -0.39 is 0 Å². The van der Waals surface area contributed by atoms with Crippen LogP contribution in [-0.2, 0) is 4.84 Å². The first-order valence-corrected chi connectivity index (χ1v) is 5.51. The second kappa shape index (κ2) is 4.75. The summed E-state index contributed by atoms with van der Waals surface area (Å²) in [6.07, 6.45) is 6.39. The number of hydrogen-bond acceptors (Lipinski definition) is 4. The Bertz CT molecular complexity index is 211. The van der Waals surface area contributed by atoms with E-state index in [9.17, 15) is 0 Å². The predicted molar refractivity (Wildman–Crippen MR) is 55.6 cm³/mol. The summed E-state index contributed by atoms with van der Waals surface area (Å²) < 4.78 is 0. The summed E-state index contributed by atoms with van der Waals surface area (Å²) in [5.74, 6) is 2.38. The summed E-state index contributed by atoms with van der Waals surface area (Å²) in [7, 11) is 0. The summed E-state index contributed by atoms with van der Waals surface area (Å²) in [5, 5.41) is 0. The Labute approximate surface area is 84.9 Å². The molecule has 1 fully saturated rings. The molecule has 0 bridgehead atoms. The second-order valence-corrected chi connectivity index (χ2v) is 4.22. The van der Waals surface area contributed by atoms with Gasteiger partial charge in [-0.25, -0.2) is 4.99 Å². The number of nitrogens with one attached hydrogen (secondary N) is 1. The summed E-state index contributed by atoms with van der Waals surface area (Å²) in [5.41, 5.74) is 8.65. The van der Waals surface area contributed by atoms with Crippen LogP contribution in [0.2, 0.25) is 0 Å². The molecule has 0 amide bonds. The third kappa shape index (κ3) is 2.25. The van der Waals surface area contributed by atoms with Gasteiger partial charge in [-0.3, -0.25) is 10.3 Å². The average Bonchev–Trinajstić information content (AvgIpc) is 2.86. The number of nitrogens with zero attached hydrogens (tertiary/aromatic N) is 1. The molecule has 4 heteroatoms. The summed E-state index contributed by atoms with van der Waals surface area (Å²) >= 11 is 0. The third-order valence-electron chi connectivity index (χ3n) is 3.33. The van der Waals surface area contributed by atoms with Crippen molar-refractivity contribution in [2.75, 3.05) is 13.3 Å². The Morgan fingerprint density at radius 2 is 2.29 bits per heavy atom. The smallest absolute Gasteiger partial charge is 0.166 e. The average molecular weight is 197 g/mol. The molecule has 0 radical (unpaired) electrons. The number of hydroxylamine groups is 1.